The lowest BCUT2D eigenvalue weighted by Gasteiger charge is -2.28. The monoisotopic (exact) mass is 219 g/mol. The molecule has 0 amide bonds. The molecule has 1 aliphatic heterocycles. The van der Waals surface area contributed by atoms with Crippen LogP contribution in [0.4, 0.5) is 5.69 Å². The van der Waals surface area contributed by atoms with Crippen molar-refractivity contribution in [2.45, 2.75) is 18.9 Å². The molecule has 0 aliphatic carbocycles. The van der Waals surface area contributed by atoms with Gasteiger partial charge < -0.3 is 20.5 Å². The van der Waals surface area contributed by atoms with Gasteiger partial charge in [-0.05, 0) is 18.9 Å². The fraction of sp³-hybridized carbons (Fsp3) is 0.417. The van der Waals surface area contributed by atoms with Gasteiger partial charge in [-0.25, -0.2) is 0 Å². The van der Waals surface area contributed by atoms with Gasteiger partial charge in [-0.2, -0.15) is 0 Å². The van der Waals surface area contributed by atoms with Crippen molar-refractivity contribution in [2.24, 2.45) is 5.73 Å². The van der Waals surface area contributed by atoms with Crippen molar-refractivity contribution in [1.29, 1.82) is 0 Å². The van der Waals surface area contributed by atoms with Crippen molar-refractivity contribution in [1.82, 2.24) is 0 Å². The van der Waals surface area contributed by atoms with E-state index in [4.69, 9.17) is 5.73 Å². The standard InChI is InChI=1S/C12H16N2O2/c13-8-9-4-3-7-14(9)11-6-2-1-5-10(11)12(15)16/h1-2,5-6,9H,3-4,7-8,13H2,(H,15,16)/p-1. The molecule has 1 atom stereocenters. The summed E-state index contributed by atoms with van der Waals surface area (Å²) in [6.07, 6.45) is 2.08. The van der Waals surface area contributed by atoms with E-state index in [1.807, 2.05) is 12.1 Å². The van der Waals surface area contributed by atoms with Gasteiger partial charge in [-0.3, -0.25) is 0 Å². The van der Waals surface area contributed by atoms with E-state index in [2.05, 4.69) is 4.90 Å². The van der Waals surface area contributed by atoms with Crippen LogP contribution >= 0.6 is 0 Å². The summed E-state index contributed by atoms with van der Waals surface area (Å²) in [5.74, 6) is -1.13. The molecule has 0 aromatic heterocycles. The maximum Gasteiger partial charge on any atom is 0.0736 e. The van der Waals surface area contributed by atoms with Crippen LogP contribution in [0.3, 0.4) is 0 Å². The van der Waals surface area contributed by atoms with E-state index < -0.39 is 5.97 Å². The highest BCUT2D eigenvalue weighted by Gasteiger charge is 2.24. The molecule has 1 unspecified atom stereocenters. The van der Waals surface area contributed by atoms with Crippen molar-refractivity contribution >= 4 is 11.7 Å². The van der Waals surface area contributed by atoms with Crippen molar-refractivity contribution in [3.8, 4) is 0 Å². The number of aromatic carboxylic acids is 1. The zero-order valence-corrected chi connectivity index (χ0v) is 9.06. The first-order valence-electron chi connectivity index (χ1n) is 5.51. The molecule has 16 heavy (non-hydrogen) atoms. The van der Waals surface area contributed by atoms with Gasteiger partial charge >= 0.3 is 0 Å². The summed E-state index contributed by atoms with van der Waals surface area (Å²) in [6.45, 7) is 1.42. The summed E-state index contributed by atoms with van der Waals surface area (Å²) >= 11 is 0. The maximum atomic E-state index is 11.0. The number of benzene rings is 1. The zero-order valence-electron chi connectivity index (χ0n) is 9.06. The number of anilines is 1. The molecule has 0 radical (unpaired) electrons. The number of rotatable bonds is 3. The molecule has 86 valence electrons. The summed E-state index contributed by atoms with van der Waals surface area (Å²) < 4.78 is 0. The summed E-state index contributed by atoms with van der Waals surface area (Å²) in [4.78, 5) is 13.1. The molecule has 1 saturated heterocycles. The van der Waals surface area contributed by atoms with Gasteiger partial charge in [0.2, 0.25) is 0 Å². The summed E-state index contributed by atoms with van der Waals surface area (Å²) in [5.41, 5.74) is 6.67. The van der Waals surface area contributed by atoms with Gasteiger partial charge in [0.05, 0.1) is 5.97 Å². The minimum Gasteiger partial charge on any atom is -0.545 e. The largest absolute Gasteiger partial charge is 0.545 e. The second-order valence-corrected chi connectivity index (χ2v) is 4.03. The number of carbonyl (C=O) groups is 1. The molecule has 0 spiro atoms. The Hall–Kier alpha value is -1.55. The number of carbonyl (C=O) groups excluding carboxylic acids is 1. The van der Waals surface area contributed by atoms with Crippen LogP contribution in [0.5, 0.6) is 0 Å². The molecule has 1 fully saturated rings. The number of hydrogen-bond acceptors (Lipinski definition) is 4. The van der Waals surface area contributed by atoms with Crippen LogP contribution < -0.4 is 15.7 Å². The third-order valence-corrected chi connectivity index (χ3v) is 3.08. The van der Waals surface area contributed by atoms with Crippen LogP contribution in [-0.4, -0.2) is 25.1 Å². The zero-order chi connectivity index (χ0) is 11.5. The number of hydrogen-bond donors (Lipinski definition) is 1. The lowest BCUT2D eigenvalue weighted by molar-refractivity contribution is -0.254. The molecule has 2 N–H and O–H groups in total. The normalized spacial score (nSPS) is 20.1. The minimum atomic E-state index is -1.13. The number of nitrogens with zero attached hydrogens (tertiary/aromatic N) is 1. The predicted octanol–water partition coefficient (Wildman–Crippen LogP) is -0.0224. The van der Waals surface area contributed by atoms with Gasteiger partial charge in [-0.1, -0.05) is 18.2 Å². The van der Waals surface area contributed by atoms with Gasteiger partial charge in [0.1, 0.15) is 0 Å². The van der Waals surface area contributed by atoms with Crippen molar-refractivity contribution in [2.75, 3.05) is 18.0 Å². The third-order valence-electron chi connectivity index (χ3n) is 3.08. The maximum absolute atomic E-state index is 11.0. The number of carboxylic acid groups (broad SMARTS) is 1. The quantitative estimate of drug-likeness (QED) is 0.775. The second-order valence-electron chi connectivity index (χ2n) is 4.03. The Labute approximate surface area is 94.7 Å². The SMILES string of the molecule is NCC1CCCN1c1ccccc1C(=O)[O-]. The van der Waals surface area contributed by atoms with E-state index in [0.717, 1.165) is 25.1 Å². The number of carboxylic acids is 1. The van der Waals surface area contributed by atoms with Crippen LogP contribution in [0.1, 0.15) is 23.2 Å². The Morgan fingerprint density at radius 1 is 1.50 bits per heavy atom. The second kappa shape index (κ2) is 4.53. The Balaban J connectivity index is 2.35. The first-order chi connectivity index (χ1) is 7.74. The summed E-state index contributed by atoms with van der Waals surface area (Å²) in [7, 11) is 0. The van der Waals surface area contributed by atoms with Gasteiger partial charge in [0, 0.05) is 30.4 Å². The van der Waals surface area contributed by atoms with Crippen LogP contribution in [0.15, 0.2) is 24.3 Å². The molecule has 0 bridgehead atoms. The lowest BCUT2D eigenvalue weighted by Crippen LogP contribution is -2.37. The van der Waals surface area contributed by atoms with E-state index in [1.165, 1.54) is 0 Å². The minimum absolute atomic E-state index is 0.250. The highest BCUT2D eigenvalue weighted by molar-refractivity contribution is 5.93. The summed E-state index contributed by atoms with van der Waals surface area (Å²) in [5, 5.41) is 11.0. The summed E-state index contributed by atoms with van der Waals surface area (Å²) in [6, 6.07) is 7.20. The lowest BCUT2D eigenvalue weighted by atomic mass is 10.1. The molecule has 2 rings (SSSR count). The molecule has 1 heterocycles. The van der Waals surface area contributed by atoms with Gasteiger partial charge in [-0.15, -0.1) is 0 Å². The molecular formula is C12H15N2O2-. The van der Waals surface area contributed by atoms with E-state index in [0.29, 0.717) is 6.54 Å². The predicted molar refractivity (Wildman–Crippen MR) is 60.2 cm³/mol. The Kier molecular flexibility index (Phi) is 3.10. The average molecular weight is 219 g/mol. The Bertz CT molecular complexity index is 392. The topological polar surface area (TPSA) is 69.4 Å². The van der Waals surface area contributed by atoms with Crippen molar-refractivity contribution in [3.63, 3.8) is 0 Å². The number of para-hydroxylation sites is 1. The third kappa shape index (κ3) is 1.88. The van der Waals surface area contributed by atoms with E-state index in [9.17, 15) is 9.90 Å². The first-order valence-corrected chi connectivity index (χ1v) is 5.51. The molecule has 4 heteroatoms. The highest BCUT2D eigenvalue weighted by Crippen LogP contribution is 2.27. The molecule has 0 saturated carbocycles. The van der Waals surface area contributed by atoms with Crippen LogP contribution in [-0.2, 0) is 0 Å². The molecule has 1 aromatic carbocycles. The smallest absolute Gasteiger partial charge is 0.0736 e. The Morgan fingerprint density at radius 2 is 2.25 bits per heavy atom. The van der Waals surface area contributed by atoms with Crippen molar-refractivity contribution in [3.05, 3.63) is 29.8 Å². The van der Waals surface area contributed by atoms with Crippen LogP contribution in [0.25, 0.3) is 0 Å². The fourth-order valence-corrected chi connectivity index (χ4v) is 2.29. The Morgan fingerprint density at radius 3 is 2.94 bits per heavy atom. The van der Waals surface area contributed by atoms with E-state index in [-0.39, 0.29) is 11.6 Å². The molecule has 1 aromatic rings. The molecule has 1 aliphatic rings. The molecular weight excluding hydrogens is 204 g/mol. The molecule has 4 nitrogen and oxygen atoms in total. The van der Waals surface area contributed by atoms with Crippen LogP contribution in [0, 0.1) is 0 Å². The average Bonchev–Trinajstić information content (AvgIpc) is 2.76. The van der Waals surface area contributed by atoms with Crippen LogP contribution in [0.2, 0.25) is 0 Å². The van der Waals surface area contributed by atoms with Crippen molar-refractivity contribution < 1.29 is 9.90 Å². The van der Waals surface area contributed by atoms with Gasteiger partial charge in [0.25, 0.3) is 0 Å². The first kappa shape index (κ1) is 11.0. The highest BCUT2D eigenvalue weighted by atomic mass is 16.4. The number of nitrogens with two attached hydrogens (primary N) is 1. The fourth-order valence-electron chi connectivity index (χ4n) is 2.29. The van der Waals surface area contributed by atoms with E-state index >= 15 is 0 Å². The van der Waals surface area contributed by atoms with E-state index in [1.54, 1.807) is 12.1 Å². The van der Waals surface area contributed by atoms with Gasteiger partial charge in [0.15, 0.2) is 0 Å².